The van der Waals surface area contributed by atoms with E-state index < -0.39 is 11.8 Å². The van der Waals surface area contributed by atoms with Gasteiger partial charge < -0.3 is 5.73 Å². The Hall–Kier alpha value is -1.99. The Morgan fingerprint density at radius 1 is 1.42 bits per heavy atom. The molecule has 2 amide bonds. The summed E-state index contributed by atoms with van der Waals surface area (Å²) in [5.41, 5.74) is 8.15. The number of nitrogens with zero attached hydrogens (tertiary/aromatic N) is 2. The third-order valence-corrected chi connectivity index (χ3v) is 2.62. The molecule has 7 nitrogen and oxygen atoms in total. The summed E-state index contributed by atoms with van der Waals surface area (Å²) in [6.45, 7) is 4.50. The molecule has 0 bridgehead atoms. The zero-order valence-corrected chi connectivity index (χ0v) is 11.1. The van der Waals surface area contributed by atoms with Crippen LogP contribution in [-0.4, -0.2) is 34.3 Å². The van der Waals surface area contributed by atoms with Gasteiger partial charge in [0.15, 0.2) is 0 Å². The second-order valence-electron chi connectivity index (χ2n) is 4.45. The van der Waals surface area contributed by atoms with Gasteiger partial charge >= 0.3 is 0 Å². The maximum absolute atomic E-state index is 11.4. The molecule has 0 saturated heterocycles. The van der Waals surface area contributed by atoms with E-state index in [9.17, 15) is 9.59 Å². The van der Waals surface area contributed by atoms with Crippen molar-refractivity contribution in [2.45, 2.75) is 26.4 Å². The van der Waals surface area contributed by atoms with Crippen LogP contribution in [-0.2, 0) is 11.3 Å². The lowest BCUT2D eigenvalue weighted by atomic mass is 10.2. The molecule has 1 heterocycles. The zero-order chi connectivity index (χ0) is 14.4. The second kappa shape index (κ2) is 6.81. The van der Waals surface area contributed by atoms with Gasteiger partial charge in [0.05, 0.1) is 12.2 Å². The first-order chi connectivity index (χ1) is 8.93. The minimum Gasteiger partial charge on any atom is -0.369 e. The number of hydrogen-bond acceptors (Lipinski definition) is 5. The van der Waals surface area contributed by atoms with Crippen LogP contribution >= 0.6 is 0 Å². The number of aromatic nitrogens is 1. The van der Waals surface area contributed by atoms with E-state index in [0.29, 0.717) is 12.2 Å². The topological polar surface area (TPSA) is 114 Å². The summed E-state index contributed by atoms with van der Waals surface area (Å²) < 4.78 is 0. The third kappa shape index (κ3) is 4.65. The van der Waals surface area contributed by atoms with Gasteiger partial charge in [0.1, 0.15) is 5.69 Å². The predicted octanol–water partition coefficient (Wildman–Crippen LogP) is -0.619. The van der Waals surface area contributed by atoms with Crippen LogP contribution in [0.4, 0.5) is 0 Å². The number of hydrogen-bond donors (Lipinski definition) is 3. The highest BCUT2D eigenvalue weighted by Gasteiger charge is 2.14. The summed E-state index contributed by atoms with van der Waals surface area (Å²) >= 11 is 0. The Bertz CT molecular complexity index is 461. The van der Waals surface area contributed by atoms with E-state index in [2.05, 4.69) is 4.98 Å². The summed E-state index contributed by atoms with van der Waals surface area (Å²) in [7, 11) is 0. The summed E-state index contributed by atoms with van der Waals surface area (Å²) in [6.07, 6.45) is 0. The Kier molecular flexibility index (Phi) is 5.40. The highest BCUT2D eigenvalue weighted by molar-refractivity contribution is 5.91. The van der Waals surface area contributed by atoms with Gasteiger partial charge in [-0.15, -0.1) is 0 Å². The molecular formula is C12H19N5O2. The van der Waals surface area contributed by atoms with Crippen LogP contribution in [0.3, 0.4) is 0 Å². The quantitative estimate of drug-likeness (QED) is 0.360. The van der Waals surface area contributed by atoms with Crippen molar-refractivity contribution < 1.29 is 9.59 Å². The lowest BCUT2D eigenvalue weighted by Crippen LogP contribution is -2.38. The SMILES string of the molecule is CC(C)N(CC(N)=O)Cc1cccc(C(=O)NN)n1. The zero-order valence-electron chi connectivity index (χ0n) is 11.1. The maximum Gasteiger partial charge on any atom is 0.283 e. The maximum atomic E-state index is 11.4. The number of primary amides is 1. The average molecular weight is 265 g/mol. The standard InChI is InChI=1S/C12H19N5O2/c1-8(2)17(7-11(13)18)6-9-4-3-5-10(15-9)12(19)16-14/h3-5,8H,6-7,14H2,1-2H3,(H2,13,18)(H,16,19). The number of carbonyl (C=O) groups excluding carboxylic acids is 2. The number of carbonyl (C=O) groups is 2. The number of rotatable bonds is 6. The first-order valence-corrected chi connectivity index (χ1v) is 5.93. The van der Waals surface area contributed by atoms with Crippen molar-refractivity contribution >= 4 is 11.8 Å². The summed E-state index contributed by atoms with van der Waals surface area (Å²) in [5.74, 6) is 4.21. The van der Waals surface area contributed by atoms with Crippen LogP contribution in [0, 0.1) is 0 Å². The minimum absolute atomic E-state index is 0.140. The molecule has 0 saturated carbocycles. The lowest BCUT2D eigenvalue weighted by Gasteiger charge is -2.24. The smallest absolute Gasteiger partial charge is 0.283 e. The highest BCUT2D eigenvalue weighted by atomic mass is 16.2. The Morgan fingerprint density at radius 2 is 2.11 bits per heavy atom. The fraction of sp³-hybridized carbons (Fsp3) is 0.417. The normalized spacial score (nSPS) is 10.8. The molecule has 7 heteroatoms. The molecule has 104 valence electrons. The molecule has 0 aromatic carbocycles. The first-order valence-electron chi connectivity index (χ1n) is 5.93. The molecule has 19 heavy (non-hydrogen) atoms. The number of pyridine rings is 1. The summed E-state index contributed by atoms with van der Waals surface area (Å²) in [4.78, 5) is 28.4. The van der Waals surface area contributed by atoms with E-state index in [1.54, 1.807) is 18.2 Å². The van der Waals surface area contributed by atoms with Crippen LogP contribution in [0.1, 0.15) is 30.0 Å². The van der Waals surface area contributed by atoms with Crippen molar-refractivity contribution in [3.05, 3.63) is 29.6 Å². The average Bonchev–Trinajstić information content (AvgIpc) is 2.36. The number of nitrogens with two attached hydrogens (primary N) is 2. The van der Waals surface area contributed by atoms with Gasteiger partial charge in [-0.3, -0.25) is 19.9 Å². The fourth-order valence-corrected chi connectivity index (χ4v) is 1.60. The van der Waals surface area contributed by atoms with E-state index in [0.717, 1.165) is 0 Å². The van der Waals surface area contributed by atoms with Gasteiger partial charge in [-0.2, -0.15) is 0 Å². The van der Waals surface area contributed by atoms with E-state index in [1.165, 1.54) is 0 Å². The molecule has 1 aromatic rings. The van der Waals surface area contributed by atoms with Crippen LogP contribution in [0.2, 0.25) is 0 Å². The number of nitrogen functional groups attached to an aromatic ring is 1. The Labute approximate surface area is 111 Å². The van der Waals surface area contributed by atoms with E-state index in [4.69, 9.17) is 11.6 Å². The largest absolute Gasteiger partial charge is 0.369 e. The molecular weight excluding hydrogens is 246 g/mol. The lowest BCUT2D eigenvalue weighted by molar-refractivity contribution is -0.119. The van der Waals surface area contributed by atoms with Crippen LogP contribution in [0.15, 0.2) is 18.2 Å². The van der Waals surface area contributed by atoms with Gasteiger partial charge in [-0.1, -0.05) is 6.07 Å². The van der Waals surface area contributed by atoms with Crippen LogP contribution < -0.4 is 17.0 Å². The van der Waals surface area contributed by atoms with Gasteiger partial charge in [-0.05, 0) is 26.0 Å². The fourth-order valence-electron chi connectivity index (χ4n) is 1.60. The van der Waals surface area contributed by atoms with Gasteiger partial charge in [0, 0.05) is 12.6 Å². The molecule has 0 aliphatic rings. The monoisotopic (exact) mass is 265 g/mol. The van der Waals surface area contributed by atoms with E-state index >= 15 is 0 Å². The Morgan fingerprint density at radius 3 is 2.63 bits per heavy atom. The van der Waals surface area contributed by atoms with Gasteiger partial charge in [-0.25, -0.2) is 10.8 Å². The molecule has 1 rings (SSSR count). The third-order valence-electron chi connectivity index (χ3n) is 2.62. The van der Waals surface area contributed by atoms with E-state index in [-0.39, 0.29) is 18.3 Å². The molecule has 0 spiro atoms. The molecule has 0 aliphatic carbocycles. The van der Waals surface area contributed by atoms with Crippen molar-refractivity contribution in [3.8, 4) is 0 Å². The highest BCUT2D eigenvalue weighted by Crippen LogP contribution is 2.07. The minimum atomic E-state index is -0.451. The number of nitrogens with one attached hydrogen (secondary N) is 1. The van der Waals surface area contributed by atoms with Crippen molar-refractivity contribution in [1.29, 1.82) is 0 Å². The van der Waals surface area contributed by atoms with Crippen molar-refractivity contribution in [2.24, 2.45) is 11.6 Å². The number of amides is 2. The second-order valence-corrected chi connectivity index (χ2v) is 4.45. The molecule has 0 unspecified atom stereocenters. The number of hydrazine groups is 1. The van der Waals surface area contributed by atoms with Gasteiger partial charge in [0.2, 0.25) is 5.91 Å². The van der Waals surface area contributed by atoms with Gasteiger partial charge in [0.25, 0.3) is 5.91 Å². The Balaban J connectivity index is 2.84. The molecule has 0 fully saturated rings. The molecule has 0 atom stereocenters. The molecule has 0 radical (unpaired) electrons. The molecule has 5 N–H and O–H groups in total. The van der Waals surface area contributed by atoms with Crippen LogP contribution in [0.5, 0.6) is 0 Å². The predicted molar refractivity (Wildman–Crippen MR) is 70.6 cm³/mol. The van der Waals surface area contributed by atoms with E-state index in [1.807, 2.05) is 24.2 Å². The van der Waals surface area contributed by atoms with Crippen molar-refractivity contribution in [2.75, 3.05) is 6.54 Å². The van der Waals surface area contributed by atoms with Crippen molar-refractivity contribution in [3.63, 3.8) is 0 Å². The van der Waals surface area contributed by atoms with Crippen molar-refractivity contribution in [1.82, 2.24) is 15.3 Å². The molecule has 1 aromatic heterocycles. The summed E-state index contributed by atoms with van der Waals surface area (Å²) in [6, 6.07) is 5.21. The first kappa shape index (κ1) is 15.1. The van der Waals surface area contributed by atoms with Crippen LogP contribution in [0.25, 0.3) is 0 Å². The summed E-state index contributed by atoms with van der Waals surface area (Å²) in [5, 5.41) is 0. The molecule has 0 aliphatic heterocycles.